The van der Waals surface area contributed by atoms with Crippen molar-refractivity contribution in [2.24, 2.45) is 0 Å². The van der Waals surface area contributed by atoms with Gasteiger partial charge in [0.1, 0.15) is 0 Å². The number of pyridine rings is 1. The lowest BCUT2D eigenvalue weighted by molar-refractivity contribution is -0.380. The van der Waals surface area contributed by atoms with Gasteiger partial charge in [-0.3, -0.25) is 10.1 Å². The first kappa shape index (κ1) is 11.8. The molecule has 2 aromatic heterocycles. The van der Waals surface area contributed by atoms with Crippen LogP contribution in [0, 0.1) is 10.1 Å². The van der Waals surface area contributed by atoms with Gasteiger partial charge in [0, 0.05) is 24.2 Å². The highest BCUT2D eigenvalue weighted by Gasteiger charge is 2.09. The molecule has 0 bridgehead atoms. The van der Waals surface area contributed by atoms with E-state index in [0.717, 1.165) is 16.9 Å². The predicted octanol–water partition coefficient (Wildman–Crippen LogP) is 3.32. The van der Waals surface area contributed by atoms with Crippen molar-refractivity contribution in [2.75, 3.05) is 5.32 Å². The molecule has 0 amide bonds. The molecule has 1 N–H and O–H groups in total. The van der Waals surface area contributed by atoms with E-state index in [1.165, 1.54) is 0 Å². The molecule has 0 aliphatic heterocycles. The zero-order valence-corrected chi connectivity index (χ0v) is 10.2. The maximum absolute atomic E-state index is 10.5. The van der Waals surface area contributed by atoms with E-state index < -0.39 is 4.92 Å². The molecule has 0 aliphatic carbocycles. The van der Waals surface area contributed by atoms with Crippen molar-refractivity contribution in [3.05, 3.63) is 50.6 Å². The van der Waals surface area contributed by atoms with E-state index in [-0.39, 0.29) is 5.00 Å². The molecule has 0 fully saturated rings. The van der Waals surface area contributed by atoms with Crippen molar-refractivity contribution < 1.29 is 4.92 Å². The van der Waals surface area contributed by atoms with Gasteiger partial charge in [-0.2, -0.15) is 0 Å². The standard InChI is InChI=1S/C10H8ClN3O2S/c11-10-8(2-1-3-12-10)13-5-7-4-9(14(15)16)17-6-7/h1-4,6,13H,5H2. The van der Waals surface area contributed by atoms with Crippen molar-refractivity contribution in [2.45, 2.75) is 6.54 Å². The zero-order chi connectivity index (χ0) is 12.3. The number of rotatable bonds is 4. The van der Waals surface area contributed by atoms with Crippen LogP contribution >= 0.6 is 22.9 Å². The number of anilines is 1. The number of hydrogen-bond acceptors (Lipinski definition) is 5. The minimum atomic E-state index is -0.398. The number of thiophene rings is 1. The van der Waals surface area contributed by atoms with E-state index >= 15 is 0 Å². The summed E-state index contributed by atoms with van der Waals surface area (Å²) >= 11 is 6.98. The summed E-state index contributed by atoms with van der Waals surface area (Å²) in [6.07, 6.45) is 1.60. The fourth-order valence-corrected chi connectivity index (χ4v) is 2.18. The van der Waals surface area contributed by atoms with Gasteiger partial charge in [-0.1, -0.05) is 22.9 Å². The Labute approximate surface area is 106 Å². The topological polar surface area (TPSA) is 68.1 Å². The molecule has 0 radical (unpaired) electrons. The molecule has 0 atom stereocenters. The van der Waals surface area contributed by atoms with E-state index in [4.69, 9.17) is 11.6 Å². The molecule has 0 spiro atoms. The molecule has 17 heavy (non-hydrogen) atoms. The Kier molecular flexibility index (Phi) is 3.55. The number of nitrogens with zero attached hydrogens (tertiary/aromatic N) is 2. The fraction of sp³-hybridized carbons (Fsp3) is 0.100. The van der Waals surface area contributed by atoms with Crippen molar-refractivity contribution in [3.8, 4) is 0 Å². The summed E-state index contributed by atoms with van der Waals surface area (Å²) in [5, 5.41) is 15.8. The molecule has 7 heteroatoms. The van der Waals surface area contributed by atoms with Gasteiger partial charge in [-0.05, 0) is 17.7 Å². The highest BCUT2D eigenvalue weighted by Crippen LogP contribution is 2.24. The molecule has 0 unspecified atom stereocenters. The van der Waals surface area contributed by atoms with Gasteiger partial charge in [0.2, 0.25) is 0 Å². The maximum atomic E-state index is 10.5. The fourth-order valence-electron chi connectivity index (χ4n) is 1.27. The van der Waals surface area contributed by atoms with Crippen LogP contribution in [-0.2, 0) is 6.54 Å². The Morgan fingerprint density at radius 2 is 2.41 bits per heavy atom. The van der Waals surface area contributed by atoms with Gasteiger partial charge in [0.15, 0.2) is 5.15 Å². The molecule has 88 valence electrons. The Morgan fingerprint density at radius 3 is 3.06 bits per heavy atom. The molecule has 2 heterocycles. The van der Waals surface area contributed by atoms with Crippen LogP contribution in [0.4, 0.5) is 10.7 Å². The monoisotopic (exact) mass is 269 g/mol. The Bertz CT molecular complexity index is 544. The summed E-state index contributed by atoms with van der Waals surface area (Å²) in [4.78, 5) is 14.0. The SMILES string of the molecule is O=[N+]([O-])c1cc(CNc2cccnc2Cl)cs1. The first-order valence-corrected chi connectivity index (χ1v) is 5.99. The van der Waals surface area contributed by atoms with Crippen LogP contribution < -0.4 is 5.32 Å². The third-order valence-corrected chi connectivity index (χ3v) is 3.29. The minimum Gasteiger partial charge on any atom is -0.378 e. The van der Waals surface area contributed by atoms with Crippen LogP contribution in [0.3, 0.4) is 0 Å². The minimum absolute atomic E-state index is 0.138. The average molecular weight is 270 g/mol. The number of halogens is 1. The second-order valence-electron chi connectivity index (χ2n) is 3.25. The van der Waals surface area contributed by atoms with Crippen molar-refractivity contribution >= 4 is 33.6 Å². The number of nitrogens with one attached hydrogen (secondary N) is 1. The van der Waals surface area contributed by atoms with E-state index in [1.807, 2.05) is 0 Å². The lowest BCUT2D eigenvalue weighted by Gasteiger charge is -2.05. The van der Waals surface area contributed by atoms with Gasteiger partial charge in [0.05, 0.1) is 10.6 Å². The predicted molar refractivity (Wildman–Crippen MR) is 67.5 cm³/mol. The lowest BCUT2D eigenvalue weighted by atomic mass is 10.3. The van der Waals surface area contributed by atoms with Gasteiger partial charge in [-0.15, -0.1) is 0 Å². The smallest absolute Gasteiger partial charge is 0.324 e. The Morgan fingerprint density at radius 1 is 1.59 bits per heavy atom. The summed E-state index contributed by atoms with van der Waals surface area (Å²) in [6, 6.07) is 5.11. The van der Waals surface area contributed by atoms with Gasteiger partial charge in [0.25, 0.3) is 0 Å². The summed E-state index contributed by atoms with van der Waals surface area (Å²) < 4.78 is 0. The molecular weight excluding hydrogens is 262 g/mol. The van der Waals surface area contributed by atoms with Crippen LogP contribution in [0.25, 0.3) is 0 Å². The molecule has 2 aromatic rings. The first-order chi connectivity index (χ1) is 8.16. The maximum Gasteiger partial charge on any atom is 0.324 e. The number of nitro groups is 1. The summed E-state index contributed by atoms with van der Waals surface area (Å²) in [5.74, 6) is 0. The van der Waals surface area contributed by atoms with Crippen LogP contribution in [0.2, 0.25) is 5.15 Å². The summed E-state index contributed by atoms with van der Waals surface area (Å²) in [7, 11) is 0. The van der Waals surface area contributed by atoms with Crippen LogP contribution in [0.15, 0.2) is 29.8 Å². The van der Waals surface area contributed by atoms with Crippen LogP contribution in [-0.4, -0.2) is 9.91 Å². The van der Waals surface area contributed by atoms with Gasteiger partial charge >= 0.3 is 5.00 Å². The normalized spacial score (nSPS) is 10.2. The molecular formula is C10H8ClN3O2S. The third-order valence-electron chi connectivity index (χ3n) is 2.06. The Hall–Kier alpha value is -1.66. The molecule has 0 saturated heterocycles. The van der Waals surface area contributed by atoms with Gasteiger partial charge in [-0.25, -0.2) is 4.98 Å². The highest BCUT2D eigenvalue weighted by atomic mass is 35.5. The molecule has 2 rings (SSSR count). The Balaban J connectivity index is 2.02. The number of hydrogen-bond donors (Lipinski definition) is 1. The highest BCUT2D eigenvalue weighted by molar-refractivity contribution is 7.13. The summed E-state index contributed by atoms with van der Waals surface area (Å²) in [5.41, 5.74) is 1.56. The largest absolute Gasteiger partial charge is 0.378 e. The quantitative estimate of drug-likeness (QED) is 0.525. The first-order valence-electron chi connectivity index (χ1n) is 4.73. The third kappa shape index (κ3) is 2.92. The van der Waals surface area contributed by atoms with Gasteiger partial charge < -0.3 is 5.32 Å². The van der Waals surface area contributed by atoms with E-state index in [1.54, 1.807) is 29.8 Å². The van der Waals surface area contributed by atoms with Crippen molar-refractivity contribution in [3.63, 3.8) is 0 Å². The molecule has 0 aromatic carbocycles. The molecule has 5 nitrogen and oxygen atoms in total. The van der Waals surface area contributed by atoms with Crippen molar-refractivity contribution in [1.82, 2.24) is 4.98 Å². The van der Waals surface area contributed by atoms with Crippen LogP contribution in [0.5, 0.6) is 0 Å². The van der Waals surface area contributed by atoms with Crippen molar-refractivity contribution in [1.29, 1.82) is 0 Å². The molecule has 0 saturated carbocycles. The zero-order valence-electron chi connectivity index (χ0n) is 8.59. The second kappa shape index (κ2) is 5.11. The average Bonchev–Trinajstić information content (AvgIpc) is 2.77. The van der Waals surface area contributed by atoms with E-state index in [0.29, 0.717) is 17.4 Å². The second-order valence-corrected chi connectivity index (χ2v) is 4.49. The number of aromatic nitrogens is 1. The lowest BCUT2D eigenvalue weighted by Crippen LogP contribution is -1.99. The van der Waals surface area contributed by atoms with E-state index in [2.05, 4.69) is 10.3 Å². The van der Waals surface area contributed by atoms with E-state index in [9.17, 15) is 10.1 Å². The van der Waals surface area contributed by atoms with Crippen LogP contribution in [0.1, 0.15) is 5.56 Å². The summed E-state index contributed by atoms with van der Waals surface area (Å²) in [6.45, 7) is 0.482. The molecule has 0 aliphatic rings.